The average Bonchev–Trinajstić information content (AvgIpc) is 2.63. The first-order valence-corrected chi connectivity index (χ1v) is 8.15. The van der Waals surface area contributed by atoms with Gasteiger partial charge in [0.25, 0.3) is 0 Å². The molecule has 0 aliphatic carbocycles. The first kappa shape index (κ1) is 16.5. The molecule has 0 bridgehead atoms. The van der Waals surface area contributed by atoms with E-state index >= 15 is 0 Å². The summed E-state index contributed by atoms with van der Waals surface area (Å²) in [5, 5.41) is 0. The molecule has 1 atom stereocenters. The topological polar surface area (TPSA) is 3.24 Å². The Morgan fingerprint density at radius 2 is 1.76 bits per heavy atom. The predicted molar refractivity (Wildman–Crippen MR) is 84.9 cm³/mol. The lowest BCUT2D eigenvalue weighted by Crippen LogP contribution is -2.27. The summed E-state index contributed by atoms with van der Waals surface area (Å²) in [6.45, 7) is 8.13. The van der Waals surface area contributed by atoms with Crippen LogP contribution in [0.2, 0.25) is 0 Å². The van der Waals surface area contributed by atoms with Crippen molar-refractivity contribution < 1.29 is 8.78 Å². The van der Waals surface area contributed by atoms with Crippen molar-refractivity contribution in [2.75, 3.05) is 18.0 Å². The second-order valence-electron chi connectivity index (χ2n) is 7.02. The molecule has 0 N–H and O–H groups in total. The molecular weight excluding hydrogens is 292 g/mol. The van der Waals surface area contributed by atoms with Crippen LogP contribution in [0.15, 0.2) is 12.1 Å². The second-order valence-corrected chi connectivity index (χ2v) is 7.29. The summed E-state index contributed by atoms with van der Waals surface area (Å²) >= 11 is 5.66. The molecule has 1 aliphatic heterocycles. The number of hydrogen-bond donors (Lipinski definition) is 0. The fraction of sp³-hybridized carbons (Fsp3) is 0.647. The summed E-state index contributed by atoms with van der Waals surface area (Å²) in [6.07, 6.45) is 3.06. The molecule has 1 nitrogen and oxygen atoms in total. The SMILES string of the molecule is CC(C)(C)C1CCCN(c2c(F)cc(CCl)cc2F)CC1. The third-order valence-corrected chi connectivity index (χ3v) is 4.81. The Hall–Kier alpha value is -0.830. The molecule has 1 aromatic rings. The Morgan fingerprint density at radius 1 is 1.14 bits per heavy atom. The molecule has 1 aromatic carbocycles. The van der Waals surface area contributed by atoms with Gasteiger partial charge in [-0.2, -0.15) is 0 Å². The Bertz CT molecular complexity index is 473. The van der Waals surface area contributed by atoms with Crippen LogP contribution in [0, 0.1) is 23.0 Å². The maximum atomic E-state index is 14.2. The Labute approximate surface area is 131 Å². The molecule has 1 unspecified atom stereocenters. The standard InChI is InChI=1S/C17H24ClF2N/c1-17(2,3)13-5-4-7-21(8-6-13)16-14(19)9-12(11-18)10-15(16)20/h9-10,13H,4-8,11H2,1-3H3. The Morgan fingerprint density at radius 3 is 2.29 bits per heavy atom. The Kier molecular flexibility index (Phi) is 5.13. The van der Waals surface area contributed by atoms with E-state index in [0.717, 1.165) is 19.3 Å². The maximum absolute atomic E-state index is 14.2. The van der Waals surface area contributed by atoms with Crippen molar-refractivity contribution >= 4 is 17.3 Å². The van der Waals surface area contributed by atoms with Crippen LogP contribution in [-0.2, 0) is 5.88 Å². The van der Waals surface area contributed by atoms with E-state index in [1.54, 1.807) is 0 Å². The van der Waals surface area contributed by atoms with Crippen molar-refractivity contribution in [3.05, 3.63) is 29.3 Å². The van der Waals surface area contributed by atoms with Crippen LogP contribution in [0.4, 0.5) is 14.5 Å². The lowest BCUT2D eigenvalue weighted by molar-refractivity contribution is 0.220. The number of anilines is 1. The molecule has 21 heavy (non-hydrogen) atoms. The maximum Gasteiger partial charge on any atom is 0.149 e. The third-order valence-electron chi connectivity index (χ3n) is 4.50. The van der Waals surface area contributed by atoms with Gasteiger partial charge in [-0.1, -0.05) is 20.8 Å². The van der Waals surface area contributed by atoms with Gasteiger partial charge in [0.05, 0.1) is 0 Å². The highest BCUT2D eigenvalue weighted by Gasteiger charge is 2.28. The van der Waals surface area contributed by atoms with E-state index in [9.17, 15) is 8.78 Å². The zero-order chi connectivity index (χ0) is 15.6. The van der Waals surface area contributed by atoms with Crippen LogP contribution in [0.3, 0.4) is 0 Å². The fourth-order valence-corrected chi connectivity index (χ4v) is 3.34. The second kappa shape index (κ2) is 6.51. The van der Waals surface area contributed by atoms with E-state index in [-0.39, 0.29) is 17.0 Å². The van der Waals surface area contributed by atoms with Crippen molar-refractivity contribution in [2.45, 2.75) is 45.9 Å². The van der Waals surface area contributed by atoms with Gasteiger partial charge >= 0.3 is 0 Å². The molecular formula is C17H24ClF2N. The van der Waals surface area contributed by atoms with Gasteiger partial charge in [0.15, 0.2) is 0 Å². The fourth-order valence-electron chi connectivity index (χ4n) is 3.18. The summed E-state index contributed by atoms with van der Waals surface area (Å²) < 4.78 is 28.4. The molecule has 0 aromatic heterocycles. The minimum atomic E-state index is -0.500. The van der Waals surface area contributed by atoms with Gasteiger partial charge in [0.1, 0.15) is 17.3 Å². The summed E-state index contributed by atoms with van der Waals surface area (Å²) in [5.41, 5.74) is 0.839. The number of rotatable bonds is 2. The highest BCUT2D eigenvalue weighted by Crippen LogP contribution is 2.36. The number of alkyl halides is 1. The minimum Gasteiger partial charge on any atom is -0.367 e. The van der Waals surface area contributed by atoms with Crippen LogP contribution in [0.25, 0.3) is 0 Å². The van der Waals surface area contributed by atoms with Crippen LogP contribution in [-0.4, -0.2) is 13.1 Å². The molecule has 118 valence electrons. The molecule has 2 rings (SSSR count). The molecule has 4 heteroatoms. The summed E-state index contributed by atoms with van der Waals surface area (Å²) in [7, 11) is 0. The highest BCUT2D eigenvalue weighted by molar-refractivity contribution is 6.17. The first-order chi connectivity index (χ1) is 9.82. The lowest BCUT2D eigenvalue weighted by Gasteiger charge is -2.30. The summed E-state index contributed by atoms with van der Waals surface area (Å²) in [5.74, 6) is -0.282. The number of nitrogens with zero attached hydrogens (tertiary/aromatic N) is 1. The van der Waals surface area contributed by atoms with Gasteiger partial charge in [-0.15, -0.1) is 11.6 Å². The minimum absolute atomic E-state index is 0.110. The van der Waals surface area contributed by atoms with Gasteiger partial charge < -0.3 is 4.90 Å². The summed E-state index contributed by atoms with van der Waals surface area (Å²) in [4.78, 5) is 1.86. The summed E-state index contributed by atoms with van der Waals surface area (Å²) in [6, 6.07) is 2.69. The third kappa shape index (κ3) is 3.88. The number of halogens is 3. The van der Waals surface area contributed by atoms with Gasteiger partial charge in [0, 0.05) is 19.0 Å². The highest BCUT2D eigenvalue weighted by atomic mass is 35.5. The van der Waals surface area contributed by atoms with E-state index in [0.29, 0.717) is 24.6 Å². The Balaban J connectivity index is 2.20. The van der Waals surface area contributed by atoms with E-state index in [1.165, 1.54) is 12.1 Å². The van der Waals surface area contributed by atoms with E-state index in [2.05, 4.69) is 20.8 Å². The zero-order valence-electron chi connectivity index (χ0n) is 13.1. The monoisotopic (exact) mass is 315 g/mol. The van der Waals surface area contributed by atoms with Crippen LogP contribution in [0.5, 0.6) is 0 Å². The quantitative estimate of drug-likeness (QED) is 0.664. The predicted octanol–water partition coefficient (Wildman–Crippen LogP) is 5.36. The zero-order valence-corrected chi connectivity index (χ0v) is 13.8. The van der Waals surface area contributed by atoms with Crippen LogP contribution >= 0.6 is 11.6 Å². The van der Waals surface area contributed by atoms with Crippen molar-refractivity contribution in [1.82, 2.24) is 0 Å². The molecule has 0 amide bonds. The number of hydrogen-bond acceptors (Lipinski definition) is 1. The molecule has 0 radical (unpaired) electrons. The number of benzene rings is 1. The molecule has 1 saturated heterocycles. The van der Waals surface area contributed by atoms with Crippen LogP contribution in [0.1, 0.15) is 45.6 Å². The van der Waals surface area contributed by atoms with Crippen molar-refractivity contribution in [1.29, 1.82) is 0 Å². The smallest absolute Gasteiger partial charge is 0.149 e. The molecule has 0 saturated carbocycles. The lowest BCUT2D eigenvalue weighted by atomic mass is 9.77. The van der Waals surface area contributed by atoms with Gasteiger partial charge in [0.2, 0.25) is 0 Å². The average molecular weight is 316 g/mol. The van der Waals surface area contributed by atoms with Crippen molar-refractivity contribution in [3.8, 4) is 0 Å². The largest absolute Gasteiger partial charge is 0.367 e. The van der Waals surface area contributed by atoms with Crippen LogP contribution < -0.4 is 4.90 Å². The van der Waals surface area contributed by atoms with Crippen molar-refractivity contribution in [2.24, 2.45) is 11.3 Å². The molecule has 1 fully saturated rings. The van der Waals surface area contributed by atoms with E-state index in [1.807, 2.05) is 4.90 Å². The van der Waals surface area contributed by atoms with Crippen molar-refractivity contribution in [3.63, 3.8) is 0 Å². The molecule has 1 aliphatic rings. The van der Waals surface area contributed by atoms with E-state index < -0.39 is 11.6 Å². The van der Waals surface area contributed by atoms with Gasteiger partial charge in [-0.25, -0.2) is 8.78 Å². The van der Waals surface area contributed by atoms with E-state index in [4.69, 9.17) is 11.6 Å². The molecule has 1 heterocycles. The first-order valence-electron chi connectivity index (χ1n) is 7.61. The normalized spacial score (nSPS) is 20.5. The van der Waals surface area contributed by atoms with Gasteiger partial charge in [-0.05, 0) is 48.3 Å². The molecule has 0 spiro atoms. The van der Waals surface area contributed by atoms with Gasteiger partial charge in [-0.3, -0.25) is 0 Å².